The van der Waals surface area contributed by atoms with E-state index >= 15 is 0 Å². The van der Waals surface area contributed by atoms with Gasteiger partial charge in [-0.05, 0) is 25.7 Å². The van der Waals surface area contributed by atoms with Crippen LogP contribution < -0.4 is 0 Å². The first-order valence-corrected chi connectivity index (χ1v) is 11.9. The molecule has 0 aliphatic carbocycles. The van der Waals surface area contributed by atoms with E-state index in [1.165, 1.54) is 51.4 Å². The summed E-state index contributed by atoms with van der Waals surface area (Å²) in [5.74, 6) is -2.81. The molecule has 0 spiro atoms. The number of carbonyl (C=O) groups is 3. The van der Waals surface area contributed by atoms with Gasteiger partial charge in [0, 0.05) is 0 Å². The monoisotopic (exact) mass is 442 g/mol. The van der Waals surface area contributed by atoms with Gasteiger partial charge in [0.05, 0.1) is 45.4 Å². The van der Waals surface area contributed by atoms with Gasteiger partial charge in [-0.2, -0.15) is 0 Å². The van der Waals surface area contributed by atoms with Gasteiger partial charge in [-0.1, -0.05) is 57.4 Å². The zero-order chi connectivity index (χ0) is 23.4. The lowest BCUT2D eigenvalue weighted by atomic mass is 10.0. The van der Waals surface area contributed by atoms with E-state index in [2.05, 4.69) is 6.58 Å². The van der Waals surface area contributed by atoms with Crippen LogP contribution in [0.4, 0.5) is 0 Å². The average molecular weight is 443 g/mol. The van der Waals surface area contributed by atoms with Crippen molar-refractivity contribution in [1.82, 2.24) is 0 Å². The molecular weight excluding hydrogens is 398 g/mol. The highest BCUT2D eigenvalue weighted by Gasteiger charge is 2.29. The molecule has 0 bridgehead atoms. The summed E-state index contributed by atoms with van der Waals surface area (Å²) in [5.41, 5.74) is 0. The molecule has 0 rings (SSSR count). The molecule has 0 unspecified atom stereocenters. The highest BCUT2D eigenvalue weighted by molar-refractivity contribution is 5.67. The largest absolute Gasteiger partial charge is 0.481 e. The van der Waals surface area contributed by atoms with Crippen molar-refractivity contribution in [2.24, 2.45) is 0 Å². The van der Waals surface area contributed by atoms with Crippen molar-refractivity contribution in [1.29, 1.82) is 0 Å². The lowest BCUT2D eigenvalue weighted by Crippen LogP contribution is -2.52. The Morgan fingerprint density at radius 2 is 0.871 bits per heavy atom. The van der Waals surface area contributed by atoms with Crippen LogP contribution in [0.15, 0.2) is 12.7 Å². The summed E-state index contributed by atoms with van der Waals surface area (Å²) in [5, 5.41) is 27.2. The van der Waals surface area contributed by atoms with Crippen molar-refractivity contribution >= 4 is 17.9 Å². The normalized spacial score (nSPS) is 11.4. The summed E-state index contributed by atoms with van der Waals surface area (Å²) < 4.78 is 0.261. The van der Waals surface area contributed by atoms with E-state index in [0.29, 0.717) is 6.54 Å². The molecule has 0 aliphatic heterocycles. The van der Waals surface area contributed by atoms with Crippen molar-refractivity contribution in [3.8, 4) is 0 Å². The van der Waals surface area contributed by atoms with E-state index in [9.17, 15) is 14.4 Å². The first kappa shape index (κ1) is 29.1. The van der Waals surface area contributed by atoms with Crippen LogP contribution in [0, 0.1) is 0 Å². The molecule has 0 aromatic carbocycles. The van der Waals surface area contributed by atoms with Crippen LogP contribution in [0.25, 0.3) is 0 Å². The van der Waals surface area contributed by atoms with Crippen LogP contribution in [-0.4, -0.2) is 63.9 Å². The maximum absolute atomic E-state index is 11.1. The number of carboxylic acid groups (broad SMARTS) is 3. The smallest absolute Gasteiger partial charge is 0.309 e. The van der Waals surface area contributed by atoms with Crippen molar-refractivity contribution in [3.63, 3.8) is 0 Å². The summed E-state index contributed by atoms with van der Waals surface area (Å²) in [4.78, 5) is 33.2. The van der Waals surface area contributed by atoms with Crippen LogP contribution in [0.3, 0.4) is 0 Å². The molecule has 0 atom stereocenters. The number of rotatable bonds is 23. The van der Waals surface area contributed by atoms with E-state index in [4.69, 9.17) is 15.3 Å². The highest BCUT2D eigenvalue weighted by atomic mass is 16.4. The fraction of sp³-hybridized carbons (Fsp3) is 0.792. The van der Waals surface area contributed by atoms with Crippen LogP contribution in [0.1, 0.15) is 96.3 Å². The molecule has 0 aromatic heterocycles. The number of aliphatic carboxylic acids is 3. The summed E-state index contributed by atoms with van der Waals surface area (Å²) in [6.07, 6.45) is 15.9. The molecule has 0 fully saturated rings. The lowest BCUT2D eigenvalue weighted by molar-refractivity contribution is -0.927. The van der Waals surface area contributed by atoms with E-state index in [0.717, 1.165) is 25.7 Å². The quantitative estimate of drug-likeness (QED) is 0.115. The van der Waals surface area contributed by atoms with Crippen molar-refractivity contribution < 1.29 is 34.2 Å². The minimum absolute atomic E-state index is 0.0766. The maximum Gasteiger partial charge on any atom is 0.309 e. The second-order valence-electron chi connectivity index (χ2n) is 8.63. The molecule has 0 saturated heterocycles. The summed E-state index contributed by atoms with van der Waals surface area (Å²) in [7, 11) is 0. The summed E-state index contributed by atoms with van der Waals surface area (Å²) in [6.45, 7) is 5.22. The number of allylic oxidation sites excluding steroid dienone is 1. The number of hydrogen-bond donors (Lipinski definition) is 3. The molecule has 0 heterocycles. The van der Waals surface area contributed by atoms with Crippen LogP contribution in [-0.2, 0) is 14.4 Å². The number of unbranched alkanes of at least 4 members (excludes halogenated alkanes) is 11. The second-order valence-corrected chi connectivity index (χ2v) is 8.63. The number of hydrogen-bond acceptors (Lipinski definition) is 3. The SMILES string of the molecule is C=CCCCCCCCCCCCCC[N+](CCC(=O)O)(CCC(=O)O)CCC(=O)O. The zero-order valence-corrected chi connectivity index (χ0v) is 19.2. The predicted molar refractivity (Wildman–Crippen MR) is 122 cm³/mol. The van der Waals surface area contributed by atoms with Crippen LogP contribution in [0.2, 0.25) is 0 Å². The van der Waals surface area contributed by atoms with Gasteiger partial charge in [0.1, 0.15) is 0 Å². The Kier molecular flexibility index (Phi) is 17.7. The average Bonchev–Trinajstić information content (AvgIpc) is 2.72. The third-order valence-corrected chi connectivity index (χ3v) is 5.94. The summed E-state index contributed by atoms with van der Waals surface area (Å²) >= 11 is 0. The molecule has 0 aromatic rings. The van der Waals surface area contributed by atoms with Gasteiger partial charge < -0.3 is 19.8 Å². The van der Waals surface area contributed by atoms with Gasteiger partial charge in [-0.15, -0.1) is 6.58 Å². The fourth-order valence-corrected chi connectivity index (χ4v) is 4.00. The molecule has 0 aliphatic rings. The molecule has 0 amide bonds. The van der Waals surface area contributed by atoms with Gasteiger partial charge >= 0.3 is 17.9 Å². The number of quaternary nitrogens is 1. The standard InChI is InChI=1S/C24H43NO6/c1-2-3-4-5-6-7-8-9-10-11-12-13-14-18-25(19-15-22(26)27,20-16-23(28)29)21-17-24(30)31/h2H,1,3-21H2,(H2-,26,27,28,29,30,31)/p+1. The first-order chi connectivity index (χ1) is 14.8. The fourth-order valence-electron chi connectivity index (χ4n) is 4.00. The Morgan fingerprint density at radius 3 is 1.19 bits per heavy atom. The molecule has 0 radical (unpaired) electrons. The Hall–Kier alpha value is -1.89. The Morgan fingerprint density at radius 1 is 0.548 bits per heavy atom. The van der Waals surface area contributed by atoms with E-state index in [1.807, 2.05) is 6.08 Å². The van der Waals surface area contributed by atoms with E-state index in [-0.39, 0.29) is 43.4 Å². The third kappa shape index (κ3) is 18.6. The number of nitrogens with zero attached hydrogens (tertiary/aromatic N) is 1. The molecule has 180 valence electrons. The second kappa shape index (κ2) is 18.8. The Bertz CT molecular complexity index is 475. The molecule has 3 N–H and O–H groups in total. The summed E-state index contributed by atoms with van der Waals surface area (Å²) in [6, 6.07) is 0. The molecule has 7 heteroatoms. The predicted octanol–water partition coefficient (Wildman–Crippen LogP) is 5.09. The maximum atomic E-state index is 11.1. The van der Waals surface area contributed by atoms with Gasteiger partial charge in [-0.3, -0.25) is 14.4 Å². The first-order valence-electron chi connectivity index (χ1n) is 11.9. The molecule has 31 heavy (non-hydrogen) atoms. The topological polar surface area (TPSA) is 112 Å². The molecular formula is C24H44NO6+. The van der Waals surface area contributed by atoms with Crippen molar-refractivity contribution in [3.05, 3.63) is 12.7 Å². The van der Waals surface area contributed by atoms with E-state index in [1.54, 1.807) is 0 Å². The highest BCUT2D eigenvalue weighted by Crippen LogP contribution is 2.17. The molecule has 0 saturated carbocycles. The minimum Gasteiger partial charge on any atom is -0.481 e. The third-order valence-electron chi connectivity index (χ3n) is 5.94. The molecule has 7 nitrogen and oxygen atoms in total. The van der Waals surface area contributed by atoms with Gasteiger partial charge in [-0.25, -0.2) is 0 Å². The van der Waals surface area contributed by atoms with Gasteiger partial charge in [0.15, 0.2) is 0 Å². The Labute approximate surface area is 187 Å². The Balaban J connectivity index is 4.23. The van der Waals surface area contributed by atoms with Crippen LogP contribution >= 0.6 is 0 Å². The van der Waals surface area contributed by atoms with E-state index < -0.39 is 17.9 Å². The number of carboxylic acids is 3. The van der Waals surface area contributed by atoms with Crippen LogP contribution in [0.5, 0.6) is 0 Å². The van der Waals surface area contributed by atoms with Crippen molar-refractivity contribution in [2.75, 3.05) is 26.2 Å². The lowest BCUT2D eigenvalue weighted by Gasteiger charge is -2.38. The van der Waals surface area contributed by atoms with Gasteiger partial charge in [0.25, 0.3) is 0 Å². The minimum atomic E-state index is -0.936. The van der Waals surface area contributed by atoms with Crippen molar-refractivity contribution in [2.45, 2.75) is 96.3 Å². The zero-order valence-electron chi connectivity index (χ0n) is 19.2. The van der Waals surface area contributed by atoms with Gasteiger partial charge in [0.2, 0.25) is 0 Å².